The molecule has 1 aromatic carbocycles. The summed E-state index contributed by atoms with van der Waals surface area (Å²) in [6.07, 6.45) is 1.30. The lowest BCUT2D eigenvalue weighted by Crippen LogP contribution is -2.26. The first-order valence-electron chi connectivity index (χ1n) is 5.45. The SMILES string of the molecule is O=S(=O)(NCCO)c1c[nH]c(-c2ccc(Cl)cc2)n1. The van der Waals surface area contributed by atoms with Gasteiger partial charge in [-0.2, -0.15) is 0 Å². The van der Waals surface area contributed by atoms with Crippen LogP contribution in [0.5, 0.6) is 0 Å². The molecular formula is C11H12ClN3O3S. The number of sulfonamides is 1. The Morgan fingerprint density at radius 1 is 1.32 bits per heavy atom. The standard InChI is InChI=1S/C11H12ClN3O3S/c12-9-3-1-8(2-4-9)11-13-7-10(15-11)19(17,18)14-5-6-16/h1-4,7,14,16H,5-6H2,(H,13,15). The highest BCUT2D eigenvalue weighted by molar-refractivity contribution is 7.89. The van der Waals surface area contributed by atoms with E-state index in [0.717, 1.165) is 5.56 Å². The number of H-pyrrole nitrogens is 1. The normalized spacial score (nSPS) is 11.7. The second-order valence-corrected chi connectivity index (χ2v) is 5.87. The van der Waals surface area contributed by atoms with Crippen LogP contribution >= 0.6 is 11.6 Å². The molecule has 0 bridgehead atoms. The molecule has 6 nitrogen and oxygen atoms in total. The molecule has 0 saturated heterocycles. The molecule has 2 aromatic rings. The first kappa shape index (κ1) is 14.0. The molecule has 0 spiro atoms. The molecule has 0 amide bonds. The van der Waals surface area contributed by atoms with Crippen LogP contribution in [0.1, 0.15) is 0 Å². The van der Waals surface area contributed by atoms with Gasteiger partial charge in [-0.05, 0) is 24.3 Å². The van der Waals surface area contributed by atoms with Gasteiger partial charge < -0.3 is 10.1 Å². The molecule has 0 saturated carbocycles. The summed E-state index contributed by atoms with van der Waals surface area (Å²) in [4.78, 5) is 6.79. The van der Waals surface area contributed by atoms with Crippen molar-refractivity contribution in [3.8, 4) is 11.4 Å². The summed E-state index contributed by atoms with van der Waals surface area (Å²) in [7, 11) is -3.70. The third-order valence-electron chi connectivity index (χ3n) is 2.35. The maximum atomic E-state index is 11.8. The molecule has 3 N–H and O–H groups in total. The third-order valence-corrected chi connectivity index (χ3v) is 3.95. The van der Waals surface area contributed by atoms with Crippen molar-refractivity contribution in [3.63, 3.8) is 0 Å². The minimum Gasteiger partial charge on any atom is -0.395 e. The van der Waals surface area contributed by atoms with Gasteiger partial charge in [0, 0.05) is 23.3 Å². The summed E-state index contributed by atoms with van der Waals surface area (Å²) in [5, 5.41) is 9.09. The van der Waals surface area contributed by atoms with E-state index in [4.69, 9.17) is 16.7 Å². The molecule has 0 atom stereocenters. The molecule has 0 aliphatic heterocycles. The number of hydrogen-bond donors (Lipinski definition) is 3. The molecule has 102 valence electrons. The number of aliphatic hydroxyl groups is 1. The number of benzene rings is 1. The lowest BCUT2D eigenvalue weighted by molar-refractivity contribution is 0.301. The van der Waals surface area contributed by atoms with Crippen molar-refractivity contribution in [1.29, 1.82) is 0 Å². The van der Waals surface area contributed by atoms with E-state index < -0.39 is 10.0 Å². The van der Waals surface area contributed by atoms with Crippen LogP contribution in [0.4, 0.5) is 0 Å². The van der Waals surface area contributed by atoms with Gasteiger partial charge in [-0.3, -0.25) is 0 Å². The minimum absolute atomic E-state index is 0.0501. The van der Waals surface area contributed by atoms with Crippen molar-refractivity contribution in [2.45, 2.75) is 5.03 Å². The van der Waals surface area contributed by atoms with E-state index in [1.807, 2.05) is 0 Å². The van der Waals surface area contributed by atoms with E-state index >= 15 is 0 Å². The monoisotopic (exact) mass is 301 g/mol. The Morgan fingerprint density at radius 3 is 2.63 bits per heavy atom. The lowest BCUT2D eigenvalue weighted by atomic mass is 10.2. The average molecular weight is 302 g/mol. The molecule has 0 fully saturated rings. The molecule has 19 heavy (non-hydrogen) atoms. The molecule has 1 aromatic heterocycles. The van der Waals surface area contributed by atoms with Crippen LogP contribution in [0.3, 0.4) is 0 Å². The van der Waals surface area contributed by atoms with E-state index in [-0.39, 0.29) is 18.2 Å². The number of aromatic amines is 1. The molecule has 0 aliphatic carbocycles. The van der Waals surface area contributed by atoms with E-state index in [1.54, 1.807) is 24.3 Å². The quantitative estimate of drug-likeness (QED) is 0.768. The van der Waals surface area contributed by atoms with Crippen LogP contribution in [-0.4, -0.2) is 36.6 Å². The summed E-state index contributed by atoms with van der Waals surface area (Å²) >= 11 is 5.77. The first-order valence-corrected chi connectivity index (χ1v) is 7.31. The van der Waals surface area contributed by atoms with Crippen molar-refractivity contribution in [2.75, 3.05) is 13.2 Å². The van der Waals surface area contributed by atoms with Crippen molar-refractivity contribution < 1.29 is 13.5 Å². The summed E-state index contributed by atoms with van der Waals surface area (Å²) in [5.74, 6) is 0.432. The van der Waals surface area contributed by atoms with E-state index in [1.165, 1.54) is 6.20 Å². The number of aromatic nitrogens is 2. The maximum Gasteiger partial charge on any atom is 0.259 e. The predicted octanol–water partition coefficient (Wildman–Crippen LogP) is 1.00. The smallest absolute Gasteiger partial charge is 0.259 e. The number of rotatable bonds is 5. The van der Waals surface area contributed by atoms with Gasteiger partial charge in [-0.15, -0.1) is 0 Å². The summed E-state index contributed by atoms with van der Waals surface area (Å²) in [5.41, 5.74) is 0.730. The fourth-order valence-electron chi connectivity index (χ4n) is 1.45. The Bertz CT molecular complexity index is 652. The number of nitrogens with one attached hydrogen (secondary N) is 2. The largest absolute Gasteiger partial charge is 0.395 e. The second-order valence-electron chi connectivity index (χ2n) is 3.72. The average Bonchev–Trinajstić information content (AvgIpc) is 2.88. The molecule has 0 unspecified atom stereocenters. The van der Waals surface area contributed by atoms with Crippen LogP contribution in [0.25, 0.3) is 11.4 Å². The topological polar surface area (TPSA) is 95.1 Å². The Kier molecular flexibility index (Phi) is 4.20. The van der Waals surface area contributed by atoms with E-state index in [2.05, 4.69) is 14.7 Å². The Morgan fingerprint density at radius 2 is 2.00 bits per heavy atom. The number of hydrogen-bond acceptors (Lipinski definition) is 4. The van der Waals surface area contributed by atoms with Gasteiger partial charge >= 0.3 is 0 Å². The van der Waals surface area contributed by atoms with Crippen molar-refractivity contribution >= 4 is 21.6 Å². The van der Waals surface area contributed by atoms with Crippen LogP contribution in [0, 0.1) is 0 Å². The molecular weight excluding hydrogens is 290 g/mol. The van der Waals surface area contributed by atoms with Gasteiger partial charge in [-0.1, -0.05) is 11.6 Å². The molecule has 1 heterocycles. The summed E-state index contributed by atoms with van der Waals surface area (Å²) < 4.78 is 25.7. The molecule has 2 rings (SSSR count). The number of aliphatic hydroxyl groups excluding tert-OH is 1. The van der Waals surface area contributed by atoms with Gasteiger partial charge in [0.15, 0.2) is 5.03 Å². The number of imidazole rings is 1. The maximum absolute atomic E-state index is 11.8. The highest BCUT2D eigenvalue weighted by Crippen LogP contribution is 2.19. The zero-order chi connectivity index (χ0) is 13.9. The van der Waals surface area contributed by atoms with Crippen LogP contribution in [0.2, 0.25) is 5.02 Å². The van der Waals surface area contributed by atoms with Gasteiger partial charge in [0.2, 0.25) is 0 Å². The van der Waals surface area contributed by atoms with Gasteiger partial charge in [0.1, 0.15) is 5.82 Å². The zero-order valence-electron chi connectivity index (χ0n) is 9.80. The second kappa shape index (κ2) is 5.70. The van der Waals surface area contributed by atoms with Crippen LogP contribution < -0.4 is 4.72 Å². The molecule has 0 radical (unpaired) electrons. The molecule has 8 heteroatoms. The van der Waals surface area contributed by atoms with Crippen molar-refractivity contribution in [2.24, 2.45) is 0 Å². The van der Waals surface area contributed by atoms with E-state index in [0.29, 0.717) is 10.8 Å². The van der Waals surface area contributed by atoms with Gasteiger partial charge in [0.05, 0.1) is 6.61 Å². The third kappa shape index (κ3) is 3.32. The zero-order valence-corrected chi connectivity index (χ0v) is 11.4. The number of nitrogens with zero attached hydrogens (tertiary/aromatic N) is 1. The Balaban J connectivity index is 2.26. The number of halogens is 1. The van der Waals surface area contributed by atoms with Crippen molar-refractivity contribution in [3.05, 3.63) is 35.5 Å². The minimum atomic E-state index is -3.70. The molecule has 0 aliphatic rings. The summed E-state index contributed by atoms with van der Waals surface area (Å²) in [6, 6.07) is 6.85. The van der Waals surface area contributed by atoms with E-state index in [9.17, 15) is 8.42 Å². The Labute approximate surface area is 115 Å². The first-order chi connectivity index (χ1) is 9.03. The van der Waals surface area contributed by atoms with Crippen LogP contribution in [0.15, 0.2) is 35.5 Å². The highest BCUT2D eigenvalue weighted by atomic mass is 35.5. The Hall–Kier alpha value is -1.41. The predicted molar refractivity (Wildman–Crippen MR) is 71.3 cm³/mol. The van der Waals surface area contributed by atoms with Crippen molar-refractivity contribution in [1.82, 2.24) is 14.7 Å². The highest BCUT2D eigenvalue weighted by Gasteiger charge is 2.17. The lowest BCUT2D eigenvalue weighted by Gasteiger charge is -2.00. The fourth-order valence-corrected chi connectivity index (χ4v) is 2.51. The summed E-state index contributed by atoms with van der Waals surface area (Å²) in [6.45, 7) is -0.320. The fraction of sp³-hybridized carbons (Fsp3) is 0.182. The van der Waals surface area contributed by atoms with Gasteiger partial charge in [-0.25, -0.2) is 18.1 Å². The van der Waals surface area contributed by atoms with Crippen LogP contribution in [-0.2, 0) is 10.0 Å². The van der Waals surface area contributed by atoms with Gasteiger partial charge in [0.25, 0.3) is 10.0 Å².